The Kier molecular flexibility index (Phi) is 7.29. The van der Waals surface area contributed by atoms with Crippen LogP contribution < -0.4 is 15.4 Å². The summed E-state index contributed by atoms with van der Waals surface area (Å²) in [5, 5.41) is 19.0. The molecule has 0 unspecified atom stereocenters. The number of piperidine rings is 1. The van der Waals surface area contributed by atoms with Crippen LogP contribution in [-0.4, -0.2) is 44.9 Å². The number of esters is 1. The van der Waals surface area contributed by atoms with E-state index >= 15 is 0 Å². The monoisotopic (exact) mass is 476 g/mol. The number of hydrogen-bond acceptors (Lipinski definition) is 8. The lowest BCUT2D eigenvalue weighted by Crippen LogP contribution is -2.33. The van der Waals surface area contributed by atoms with E-state index in [2.05, 4.69) is 12.2 Å². The minimum atomic E-state index is -3.86. The van der Waals surface area contributed by atoms with E-state index in [0.29, 0.717) is 24.7 Å². The van der Waals surface area contributed by atoms with Gasteiger partial charge in [-0.05, 0) is 55.2 Å². The number of anilines is 2. The molecular weight excluding hydrogens is 452 g/mol. The molecule has 1 aliphatic rings. The van der Waals surface area contributed by atoms with Crippen LogP contribution in [0, 0.1) is 16.0 Å². The highest BCUT2D eigenvalue weighted by molar-refractivity contribution is 7.89. The molecule has 0 aliphatic carbocycles. The second-order valence-electron chi connectivity index (χ2n) is 7.82. The Morgan fingerprint density at radius 1 is 1.18 bits per heavy atom. The van der Waals surface area contributed by atoms with E-state index in [1.54, 1.807) is 0 Å². The van der Waals surface area contributed by atoms with Crippen molar-refractivity contribution in [1.29, 1.82) is 0 Å². The number of nitrogens with one attached hydrogen (secondary N) is 1. The summed E-state index contributed by atoms with van der Waals surface area (Å²) >= 11 is 0. The second-order valence-corrected chi connectivity index (χ2v) is 9.39. The van der Waals surface area contributed by atoms with E-state index in [0.717, 1.165) is 18.9 Å². The summed E-state index contributed by atoms with van der Waals surface area (Å²) in [5.74, 6) is -0.982. The number of rotatable bonds is 7. The van der Waals surface area contributed by atoms with Crippen molar-refractivity contribution >= 4 is 39.0 Å². The highest BCUT2D eigenvalue weighted by atomic mass is 32.2. The predicted octanol–water partition coefficient (Wildman–Crippen LogP) is 2.27. The quantitative estimate of drug-likeness (QED) is 0.349. The maximum absolute atomic E-state index is 12.3. The molecule has 0 atom stereocenters. The number of amides is 1. The van der Waals surface area contributed by atoms with Crippen molar-refractivity contribution in [2.24, 2.45) is 11.1 Å². The molecule has 12 heteroatoms. The number of ether oxygens (including phenoxy) is 1. The fourth-order valence-corrected chi connectivity index (χ4v) is 3.97. The number of nitro benzene ring substituents is 1. The Bertz CT molecular complexity index is 1160. The largest absolute Gasteiger partial charge is 0.452 e. The molecule has 0 spiro atoms. The zero-order chi connectivity index (χ0) is 24.2. The average Bonchev–Trinajstić information content (AvgIpc) is 2.77. The van der Waals surface area contributed by atoms with Gasteiger partial charge in [0.05, 0.1) is 15.4 Å². The van der Waals surface area contributed by atoms with E-state index in [1.807, 2.05) is 4.90 Å². The van der Waals surface area contributed by atoms with Crippen molar-refractivity contribution in [3.8, 4) is 0 Å². The third kappa shape index (κ3) is 6.26. The number of nitrogens with two attached hydrogens (primary N) is 1. The van der Waals surface area contributed by atoms with Gasteiger partial charge >= 0.3 is 5.97 Å². The predicted molar refractivity (Wildman–Crippen MR) is 120 cm³/mol. The van der Waals surface area contributed by atoms with Crippen molar-refractivity contribution in [3.05, 3.63) is 58.1 Å². The van der Waals surface area contributed by atoms with Crippen LogP contribution in [0.1, 0.15) is 30.1 Å². The summed E-state index contributed by atoms with van der Waals surface area (Å²) < 4.78 is 27.5. The van der Waals surface area contributed by atoms with Crippen LogP contribution in [-0.2, 0) is 19.6 Å². The number of carbonyl (C=O) groups excluding carboxylic acids is 2. The minimum absolute atomic E-state index is 0.0406. The molecule has 1 saturated heterocycles. The number of carbonyl (C=O) groups is 2. The van der Waals surface area contributed by atoms with Gasteiger partial charge in [-0.1, -0.05) is 6.92 Å². The molecule has 0 saturated carbocycles. The maximum Gasteiger partial charge on any atom is 0.338 e. The van der Waals surface area contributed by atoms with Crippen LogP contribution in [0.3, 0.4) is 0 Å². The van der Waals surface area contributed by atoms with E-state index in [-0.39, 0.29) is 21.8 Å². The van der Waals surface area contributed by atoms with Crippen LogP contribution in [0.15, 0.2) is 47.4 Å². The molecule has 2 aromatic rings. The number of primary sulfonamides is 1. The summed E-state index contributed by atoms with van der Waals surface area (Å²) in [5.41, 5.74) is 0.489. The minimum Gasteiger partial charge on any atom is -0.452 e. The molecule has 3 N–H and O–H groups in total. The smallest absolute Gasteiger partial charge is 0.338 e. The summed E-state index contributed by atoms with van der Waals surface area (Å²) in [4.78, 5) is 37.2. The first-order chi connectivity index (χ1) is 15.5. The summed E-state index contributed by atoms with van der Waals surface area (Å²) in [6.45, 7) is 2.91. The van der Waals surface area contributed by atoms with Gasteiger partial charge in [-0.3, -0.25) is 14.9 Å². The third-order valence-electron chi connectivity index (χ3n) is 5.33. The first kappa shape index (κ1) is 24.1. The lowest BCUT2D eigenvalue weighted by molar-refractivity contribution is -0.384. The Labute approximate surface area is 190 Å². The SMILES string of the molecule is CC1CCN(c2ccc(C(=O)OCC(=O)Nc3ccc(S(N)(=O)=O)cc3)cc2[N+](=O)[O-])CC1. The fraction of sp³-hybridized carbons (Fsp3) is 0.333. The topological polar surface area (TPSA) is 162 Å². The Hall–Kier alpha value is -3.51. The fourth-order valence-electron chi connectivity index (χ4n) is 3.45. The van der Waals surface area contributed by atoms with Crippen LogP contribution in [0.5, 0.6) is 0 Å². The molecule has 1 heterocycles. The van der Waals surface area contributed by atoms with Gasteiger partial charge in [0.15, 0.2) is 6.61 Å². The van der Waals surface area contributed by atoms with Crippen molar-refractivity contribution in [1.82, 2.24) is 0 Å². The van der Waals surface area contributed by atoms with Gasteiger partial charge in [-0.25, -0.2) is 18.4 Å². The molecule has 1 fully saturated rings. The molecule has 0 radical (unpaired) electrons. The Morgan fingerprint density at radius 3 is 2.39 bits per heavy atom. The van der Waals surface area contributed by atoms with Gasteiger partial charge in [0.1, 0.15) is 5.69 Å². The lowest BCUT2D eigenvalue weighted by atomic mass is 9.98. The zero-order valence-corrected chi connectivity index (χ0v) is 18.7. The van der Waals surface area contributed by atoms with Crippen molar-refractivity contribution in [2.75, 3.05) is 29.9 Å². The molecule has 176 valence electrons. The normalized spacial score (nSPS) is 14.5. The summed E-state index contributed by atoms with van der Waals surface area (Å²) in [6, 6.07) is 9.23. The first-order valence-corrected chi connectivity index (χ1v) is 11.7. The number of nitrogens with zero attached hydrogens (tertiary/aromatic N) is 2. The lowest BCUT2D eigenvalue weighted by Gasteiger charge is -2.31. The maximum atomic E-state index is 12.3. The van der Waals surface area contributed by atoms with Gasteiger partial charge in [-0.2, -0.15) is 0 Å². The molecule has 33 heavy (non-hydrogen) atoms. The number of hydrogen-bond donors (Lipinski definition) is 2. The average molecular weight is 477 g/mol. The zero-order valence-electron chi connectivity index (χ0n) is 17.9. The standard InChI is InChI=1S/C21H24N4O7S/c1-14-8-10-24(11-9-14)18-7-2-15(12-19(18)25(28)29)21(27)32-13-20(26)23-16-3-5-17(6-4-16)33(22,30)31/h2-7,12,14H,8-11,13H2,1H3,(H,23,26)(H2,22,30,31). The van der Waals surface area contributed by atoms with Crippen LogP contribution >= 0.6 is 0 Å². The van der Waals surface area contributed by atoms with Crippen LogP contribution in [0.4, 0.5) is 17.1 Å². The molecule has 3 rings (SSSR count). The molecular formula is C21H24N4O7S. The summed E-state index contributed by atoms with van der Waals surface area (Å²) in [6.07, 6.45) is 1.86. The van der Waals surface area contributed by atoms with Crippen LogP contribution in [0.2, 0.25) is 0 Å². The molecule has 0 aromatic heterocycles. The van der Waals surface area contributed by atoms with Gasteiger partial charge < -0.3 is 15.0 Å². The van der Waals surface area contributed by atoms with E-state index in [1.165, 1.54) is 36.4 Å². The number of sulfonamides is 1. The number of benzene rings is 2. The van der Waals surface area contributed by atoms with Gasteiger partial charge in [0.2, 0.25) is 10.0 Å². The van der Waals surface area contributed by atoms with E-state index in [9.17, 15) is 28.1 Å². The number of nitro groups is 1. The molecule has 1 aliphatic heterocycles. The van der Waals surface area contributed by atoms with Gasteiger partial charge in [0, 0.05) is 24.8 Å². The van der Waals surface area contributed by atoms with E-state index in [4.69, 9.17) is 9.88 Å². The van der Waals surface area contributed by atoms with Gasteiger partial charge in [0.25, 0.3) is 11.6 Å². The Balaban J connectivity index is 1.62. The highest BCUT2D eigenvalue weighted by Crippen LogP contribution is 2.32. The molecule has 1 amide bonds. The van der Waals surface area contributed by atoms with Crippen LogP contribution in [0.25, 0.3) is 0 Å². The highest BCUT2D eigenvalue weighted by Gasteiger charge is 2.25. The molecule has 2 aromatic carbocycles. The van der Waals surface area contributed by atoms with E-state index < -0.39 is 33.4 Å². The van der Waals surface area contributed by atoms with Crippen molar-refractivity contribution in [2.45, 2.75) is 24.7 Å². The Morgan fingerprint density at radius 2 is 1.82 bits per heavy atom. The van der Waals surface area contributed by atoms with Crippen molar-refractivity contribution in [3.63, 3.8) is 0 Å². The first-order valence-electron chi connectivity index (χ1n) is 10.2. The molecule has 0 bridgehead atoms. The third-order valence-corrected chi connectivity index (χ3v) is 6.26. The van der Waals surface area contributed by atoms with Crippen molar-refractivity contribution < 1.29 is 27.7 Å². The van der Waals surface area contributed by atoms with Gasteiger partial charge in [-0.15, -0.1) is 0 Å². The summed E-state index contributed by atoms with van der Waals surface area (Å²) in [7, 11) is -3.86. The second kappa shape index (κ2) is 9.96. The molecule has 11 nitrogen and oxygen atoms in total.